The maximum absolute atomic E-state index is 11.6. The highest BCUT2D eigenvalue weighted by Gasteiger charge is 2.55. The van der Waals surface area contributed by atoms with E-state index in [1.807, 2.05) is 6.07 Å². The Balaban J connectivity index is 1.76. The van der Waals surface area contributed by atoms with Gasteiger partial charge < -0.3 is 10.2 Å². The Morgan fingerprint density at radius 2 is 2.13 bits per heavy atom. The van der Waals surface area contributed by atoms with Crippen molar-refractivity contribution in [3.8, 4) is 0 Å². The van der Waals surface area contributed by atoms with Crippen LogP contribution in [-0.4, -0.2) is 36.6 Å². The number of amides is 1. The van der Waals surface area contributed by atoms with Crippen molar-refractivity contribution in [2.24, 2.45) is 17.6 Å². The average Bonchev–Trinajstić information content (AvgIpc) is 3.31. The van der Waals surface area contributed by atoms with Gasteiger partial charge in [-0.05, 0) is 36.1 Å². The van der Waals surface area contributed by atoms with Crippen molar-refractivity contribution in [1.82, 2.24) is 0 Å². The second-order valence-corrected chi connectivity index (χ2v) is 8.79. The molecule has 0 aromatic heterocycles. The van der Waals surface area contributed by atoms with E-state index >= 15 is 0 Å². The van der Waals surface area contributed by atoms with E-state index in [-0.39, 0.29) is 11.3 Å². The lowest BCUT2D eigenvalue weighted by Gasteiger charge is -2.58. The summed E-state index contributed by atoms with van der Waals surface area (Å²) in [5, 5.41) is 0. The number of hydrogen-bond acceptors (Lipinski definition) is 1. The number of carbonyl (C=O) groups is 1. The molecule has 1 aliphatic heterocycles. The summed E-state index contributed by atoms with van der Waals surface area (Å²) in [7, 11) is 2.49. The van der Waals surface area contributed by atoms with Gasteiger partial charge in [-0.2, -0.15) is 0 Å². The van der Waals surface area contributed by atoms with Gasteiger partial charge in [0.1, 0.15) is 0 Å². The Morgan fingerprint density at radius 3 is 2.78 bits per heavy atom. The zero-order valence-corrected chi connectivity index (χ0v) is 14.6. The molecule has 23 heavy (non-hydrogen) atoms. The molecule has 3 nitrogen and oxygen atoms in total. The third-order valence-electron chi connectivity index (χ3n) is 7.34. The van der Waals surface area contributed by atoms with E-state index in [1.165, 1.54) is 48.0 Å². The number of nitrogens with zero attached hydrogens (tertiary/aromatic N) is 1. The van der Waals surface area contributed by atoms with Gasteiger partial charge in [0.05, 0.1) is 26.2 Å². The van der Waals surface area contributed by atoms with Gasteiger partial charge in [-0.1, -0.05) is 19.9 Å². The summed E-state index contributed by atoms with van der Waals surface area (Å²) in [4.78, 5) is 11.6. The molecule has 1 saturated carbocycles. The molecule has 2 fully saturated rings. The number of hydrogen-bond donors (Lipinski definition) is 1. The van der Waals surface area contributed by atoms with Crippen LogP contribution in [0, 0.1) is 11.8 Å². The Morgan fingerprint density at radius 1 is 1.39 bits per heavy atom. The number of benzene rings is 1. The molecule has 1 heterocycles. The van der Waals surface area contributed by atoms with Gasteiger partial charge in [0, 0.05) is 35.7 Å². The van der Waals surface area contributed by atoms with Crippen molar-refractivity contribution in [3.63, 3.8) is 0 Å². The number of fused-ring (bicyclic) bond motifs is 4. The molecule has 4 rings (SSSR count). The molecule has 4 atom stereocenters. The Labute approximate surface area is 139 Å². The van der Waals surface area contributed by atoms with Gasteiger partial charge in [0.2, 0.25) is 5.91 Å². The lowest BCUT2D eigenvalue weighted by molar-refractivity contribution is -0.946. The van der Waals surface area contributed by atoms with Crippen LogP contribution in [0.25, 0.3) is 0 Å². The van der Waals surface area contributed by atoms with Gasteiger partial charge in [-0.15, -0.1) is 0 Å². The van der Waals surface area contributed by atoms with Crippen LogP contribution in [-0.2, 0) is 11.8 Å². The Bertz CT molecular complexity index is 666. The van der Waals surface area contributed by atoms with Gasteiger partial charge in [0.25, 0.3) is 0 Å². The Kier molecular flexibility index (Phi) is 3.19. The second kappa shape index (κ2) is 4.83. The molecule has 1 saturated heterocycles. The summed E-state index contributed by atoms with van der Waals surface area (Å²) < 4.78 is 1.25. The Hall–Kier alpha value is -1.35. The minimum atomic E-state index is -0.309. The quantitative estimate of drug-likeness (QED) is 0.857. The van der Waals surface area contributed by atoms with Crippen molar-refractivity contribution >= 4 is 5.91 Å². The number of likely N-dealkylation sites (tertiary alicyclic amines) is 1. The molecule has 0 spiro atoms. The highest BCUT2D eigenvalue weighted by atomic mass is 16.1. The van der Waals surface area contributed by atoms with E-state index < -0.39 is 0 Å². The first kappa shape index (κ1) is 15.2. The maximum Gasteiger partial charge on any atom is 0.248 e. The summed E-state index contributed by atoms with van der Waals surface area (Å²) in [6, 6.07) is 6.88. The summed E-state index contributed by atoms with van der Waals surface area (Å²) in [6.07, 6.45) is 5.23. The van der Waals surface area contributed by atoms with E-state index in [1.54, 1.807) is 0 Å². The molecule has 1 amide bonds. The molecule has 124 valence electrons. The molecule has 0 radical (unpaired) electrons. The first-order valence-corrected chi connectivity index (χ1v) is 9.11. The minimum absolute atomic E-state index is 0.186. The smallest absolute Gasteiger partial charge is 0.248 e. The molecule has 2 bridgehead atoms. The van der Waals surface area contributed by atoms with Crippen LogP contribution >= 0.6 is 0 Å². The van der Waals surface area contributed by atoms with E-state index in [0.29, 0.717) is 17.5 Å². The average molecular weight is 313 g/mol. The summed E-state index contributed by atoms with van der Waals surface area (Å²) in [5.74, 6) is 1.31. The fourth-order valence-corrected chi connectivity index (χ4v) is 5.40. The van der Waals surface area contributed by atoms with Crippen molar-refractivity contribution in [1.29, 1.82) is 0 Å². The first-order chi connectivity index (χ1) is 10.8. The van der Waals surface area contributed by atoms with Crippen molar-refractivity contribution in [2.45, 2.75) is 51.0 Å². The summed E-state index contributed by atoms with van der Waals surface area (Å²) in [5.41, 5.74) is 9.19. The highest BCUT2D eigenvalue weighted by Crippen LogP contribution is 2.51. The molecular weight excluding hydrogens is 284 g/mol. The summed E-state index contributed by atoms with van der Waals surface area (Å²) in [6.45, 7) is 7.48. The molecular formula is C20H29N2O+. The lowest BCUT2D eigenvalue weighted by Crippen LogP contribution is -2.67. The summed E-state index contributed by atoms with van der Waals surface area (Å²) >= 11 is 0. The molecule has 3 aliphatic rings. The SMILES string of the molecule is CC1C2Cc3ccc(C(N)=O)cc3[C@@]1(C)CC[N+]2(C)CC1CC1. The fourth-order valence-electron chi connectivity index (χ4n) is 5.40. The zero-order valence-electron chi connectivity index (χ0n) is 14.6. The van der Waals surface area contributed by atoms with Crippen LogP contribution in [0.4, 0.5) is 0 Å². The van der Waals surface area contributed by atoms with Crippen LogP contribution < -0.4 is 5.73 Å². The zero-order chi connectivity index (χ0) is 16.4. The number of piperidine rings is 1. The number of quaternary nitrogens is 1. The van der Waals surface area contributed by atoms with E-state index in [2.05, 4.69) is 33.0 Å². The topological polar surface area (TPSA) is 43.1 Å². The van der Waals surface area contributed by atoms with Gasteiger partial charge in [-0.25, -0.2) is 0 Å². The van der Waals surface area contributed by atoms with E-state index in [0.717, 1.165) is 12.3 Å². The molecule has 2 N–H and O–H groups in total. The van der Waals surface area contributed by atoms with Crippen molar-refractivity contribution in [2.75, 3.05) is 20.1 Å². The van der Waals surface area contributed by atoms with Gasteiger partial charge >= 0.3 is 0 Å². The lowest BCUT2D eigenvalue weighted by atomic mass is 9.58. The maximum atomic E-state index is 11.6. The monoisotopic (exact) mass is 313 g/mol. The van der Waals surface area contributed by atoms with Crippen LogP contribution in [0.3, 0.4) is 0 Å². The molecule has 1 aromatic carbocycles. The number of rotatable bonds is 3. The second-order valence-electron chi connectivity index (χ2n) is 8.79. The van der Waals surface area contributed by atoms with Crippen LogP contribution in [0.5, 0.6) is 0 Å². The predicted molar refractivity (Wildman–Crippen MR) is 92.2 cm³/mol. The predicted octanol–water partition coefficient (Wildman–Crippen LogP) is 2.86. The first-order valence-electron chi connectivity index (χ1n) is 9.11. The minimum Gasteiger partial charge on any atom is -0.366 e. The standard InChI is InChI=1S/C20H28N2O/c1-13-18-11-15-6-7-16(19(21)23)10-17(15)20(13,2)8-9-22(18,3)12-14-4-5-14/h6-7,10,13-14,18H,4-5,8-9,11-12H2,1-3H3,(H-,21,23)/p+1/t13?,18?,20-,22?/m0/s1. The number of primary amides is 1. The fraction of sp³-hybridized carbons (Fsp3) is 0.650. The van der Waals surface area contributed by atoms with Crippen molar-refractivity contribution in [3.05, 3.63) is 34.9 Å². The van der Waals surface area contributed by atoms with Crippen LogP contribution in [0.1, 0.15) is 54.6 Å². The van der Waals surface area contributed by atoms with Gasteiger partial charge in [-0.3, -0.25) is 4.79 Å². The van der Waals surface area contributed by atoms with Gasteiger partial charge in [0.15, 0.2) is 0 Å². The van der Waals surface area contributed by atoms with Crippen molar-refractivity contribution < 1.29 is 9.28 Å². The third kappa shape index (κ3) is 2.24. The molecule has 1 aromatic rings. The number of likely N-dealkylation sites (N-methyl/N-ethyl adjacent to an activating group) is 1. The number of carbonyl (C=O) groups excluding carboxylic acids is 1. The van der Waals surface area contributed by atoms with E-state index in [9.17, 15) is 4.79 Å². The molecule has 3 unspecified atom stereocenters. The highest BCUT2D eigenvalue weighted by molar-refractivity contribution is 5.93. The molecule has 3 heteroatoms. The molecule has 2 aliphatic carbocycles. The normalized spacial score (nSPS) is 38.9. The third-order valence-corrected chi connectivity index (χ3v) is 7.34. The largest absolute Gasteiger partial charge is 0.366 e. The van der Waals surface area contributed by atoms with Crippen LogP contribution in [0.2, 0.25) is 0 Å². The van der Waals surface area contributed by atoms with E-state index in [4.69, 9.17) is 5.73 Å². The number of nitrogens with two attached hydrogens (primary N) is 1. The van der Waals surface area contributed by atoms with Crippen LogP contribution in [0.15, 0.2) is 18.2 Å².